The minimum atomic E-state index is 0.470. The van der Waals surface area contributed by atoms with Gasteiger partial charge in [-0.1, -0.05) is 34.5 Å². The SMILES string of the molecule is Nc1nnc(Cc2cc(Cl)cc(Cl)c2)s1. The van der Waals surface area contributed by atoms with Gasteiger partial charge in [0, 0.05) is 16.5 Å². The first-order valence-electron chi connectivity index (χ1n) is 4.16. The van der Waals surface area contributed by atoms with Gasteiger partial charge in [0.05, 0.1) is 0 Å². The minimum absolute atomic E-state index is 0.470. The molecule has 6 heteroatoms. The van der Waals surface area contributed by atoms with Crippen molar-refractivity contribution in [1.29, 1.82) is 0 Å². The molecule has 0 saturated heterocycles. The predicted octanol–water partition coefficient (Wildman–Crippen LogP) is 3.02. The fourth-order valence-electron chi connectivity index (χ4n) is 1.23. The Balaban J connectivity index is 2.24. The van der Waals surface area contributed by atoms with Crippen LogP contribution in [0.3, 0.4) is 0 Å². The van der Waals surface area contributed by atoms with Gasteiger partial charge in [-0.05, 0) is 23.8 Å². The summed E-state index contributed by atoms with van der Waals surface area (Å²) in [5.74, 6) is 0. The van der Waals surface area contributed by atoms with E-state index in [0.29, 0.717) is 21.6 Å². The summed E-state index contributed by atoms with van der Waals surface area (Å²) in [5, 5.41) is 10.2. The Morgan fingerprint density at radius 3 is 2.33 bits per heavy atom. The standard InChI is InChI=1S/C9H7Cl2N3S/c10-6-1-5(2-7(11)4-6)3-8-13-14-9(12)15-8/h1-2,4H,3H2,(H2,12,14). The molecule has 1 aromatic carbocycles. The van der Waals surface area contributed by atoms with E-state index in [2.05, 4.69) is 10.2 Å². The second-order valence-electron chi connectivity index (χ2n) is 2.99. The van der Waals surface area contributed by atoms with E-state index < -0.39 is 0 Å². The zero-order chi connectivity index (χ0) is 10.8. The molecule has 0 amide bonds. The smallest absolute Gasteiger partial charge is 0.203 e. The van der Waals surface area contributed by atoms with Crippen LogP contribution in [-0.4, -0.2) is 10.2 Å². The Kier molecular flexibility index (Phi) is 3.09. The number of anilines is 1. The van der Waals surface area contributed by atoms with Gasteiger partial charge < -0.3 is 5.73 Å². The summed E-state index contributed by atoms with van der Waals surface area (Å²) in [7, 11) is 0. The lowest BCUT2D eigenvalue weighted by atomic mass is 10.2. The molecular weight excluding hydrogens is 253 g/mol. The molecule has 0 radical (unpaired) electrons. The Morgan fingerprint density at radius 1 is 1.13 bits per heavy atom. The third-order valence-corrected chi connectivity index (χ3v) is 2.95. The Hall–Kier alpha value is -0.840. The first kappa shape index (κ1) is 10.7. The highest BCUT2D eigenvalue weighted by molar-refractivity contribution is 7.15. The van der Waals surface area contributed by atoms with Crippen LogP contribution in [0, 0.1) is 0 Å². The highest BCUT2D eigenvalue weighted by Gasteiger charge is 2.04. The van der Waals surface area contributed by atoms with Crippen molar-refractivity contribution in [3.8, 4) is 0 Å². The summed E-state index contributed by atoms with van der Waals surface area (Å²) in [4.78, 5) is 0. The zero-order valence-electron chi connectivity index (χ0n) is 7.58. The average Bonchev–Trinajstić information content (AvgIpc) is 2.49. The highest BCUT2D eigenvalue weighted by atomic mass is 35.5. The number of nitrogens with two attached hydrogens (primary N) is 1. The number of aromatic nitrogens is 2. The van der Waals surface area contributed by atoms with Gasteiger partial charge in [-0.25, -0.2) is 0 Å². The van der Waals surface area contributed by atoms with Gasteiger partial charge in [0.1, 0.15) is 5.01 Å². The molecule has 0 atom stereocenters. The van der Waals surface area contributed by atoms with Crippen molar-refractivity contribution in [2.75, 3.05) is 5.73 Å². The van der Waals surface area contributed by atoms with Gasteiger partial charge in [0.25, 0.3) is 0 Å². The summed E-state index contributed by atoms with van der Waals surface area (Å²) in [5.41, 5.74) is 6.49. The second-order valence-corrected chi connectivity index (χ2v) is 4.96. The summed E-state index contributed by atoms with van der Waals surface area (Å²) >= 11 is 13.1. The summed E-state index contributed by atoms with van der Waals surface area (Å²) in [6.07, 6.45) is 0.648. The van der Waals surface area contributed by atoms with E-state index in [1.807, 2.05) is 12.1 Å². The molecule has 1 heterocycles. The van der Waals surface area contributed by atoms with Crippen LogP contribution >= 0.6 is 34.5 Å². The first-order valence-corrected chi connectivity index (χ1v) is 5.73. The maximum absolute atomic E-state index is 5.88. The number of halogens is 2. The molecule has 2 aromatic rings. The zero-order valence-corrected chi connectivity index (χ0v) is 9.90. The topological polar surface area (TPSA) is 51.8 Å². The fraction of sp³-hybridized carbons (Fsp3) is 0.111. The molecule has 78 valence electrons. The van der Waals surface area contributed by atoms with Crippen LogP contribution in [0.4, 0.5) is 5.13 Å². The summed E-state index contributed by atoms with van der Waals surface area (Å²) in [6, 6.07) is 5.40. The van der Waals surface area contributed by atoms with Crippen LogP contribution in [0.15, 0.2) is 18.2 Å². The fourth-order valence-corrected chi connectivity index (χ4v) is 2.44. The lowest BCUT2D eigenvalue weighted by Crippen LogP contribution is -1.87. The molecule has 1 aromatic heterocycles. The quantitative estimate of drug-likeness (QED) is 0.902. The third kappa shape index (κ3) is 2.81. The van der Waals surface area contributed by atoms with Crippen LogP contribution < -0.4 is 5.73 Å². The van der Waals surface area contributed by atoms with Crippen molar-refractivity contribution in [2.45, 2.75) is 6.42 Å². The molecule has 15 heavy (non-hydrogen) atoms. The molecule has 3 nitrogen and oxygen atoms in total. The number of hydrogen-bond acceptors (Lipinski definition) is 4. The Morgan fingerprint density at radius 2 is 1.80 bits per heavy atom. The molecule has 0 aliphatic carbocycles. The number of benzene rings is 1. The minimum Gasteiger partial charge on any atom is -0.374 e. The molecule has 0 unspecified atom stereocenters. The first-order chi connectivity index (χ1) is 7.13. The molecule has 0 bridgehead atoms. The van der Waals surface area contributed by atoms with Crippen molar-refractivity contribution in [2.24, 2.45) is 0 Å². The molecule has 2 N–H and O–H groups in total. The van der Waals surface area contributed by atoms with Crippen LogP contribution in [0.2, 0.25) is 10.0 Å². The van der Waals surface area contributed by atoms with E-state index in [-0.39, 0.29) is 0 Å². The van der Waals surface area contributed by atoms with Crippen molar-refractivity contribution in [3.63, 3.8) is 0 Å². The van der Waals surface area contributed by atoms with Crippen molar-refractivity contribution in [3.05, 3.63) is 38.8 Å². The third-order valence-electron chi connectivity index (χ3n) is 1.76. The van der Waals surface area contributed by atoms with E-state index in [0.717, 1.165) is 10.6 Å². The van der Waals surface area contributed by atoms with E-state index in [9.17, 15) is 0 Å². The molecule has 0 aliphatic heterocycles. The van der Waals surface area contributed by atoms with Gasteiger partial charge >= 0.3 is 0 Å². The summed E-state index contributed by atoms with van der Waals surface area (Å²) < 4.78 is 0. The van der Waals surface area contributed by atoms with Crippen LogP contribution in [0.1, 0.15) is 10.6 Å². The lowest BCUT2D eigenvalue weighted by molar-refractivity contribution is 1.01. The molecule has 2 rings (SSSR count). The van der Waals surface area contributed by atoms with Crippen molar-refractivity contribution < 1.29 is 0 Å². The highest BCUT2D eigenvalue weighted by Crippen LogP contribution is 2.22. The number of nitrogen functional groups attached to an aromatic ring is 1. The molecule has 0 saturated carbocycles. The van der Waals surface area contributed by atoms with Crippen LogP contribution in [0.25, 0.3) is 0 Å². The van der Waals surface area contributed by atoms with Gasteiger partial charge in [-0.3, -0.25) is 0 Å². The lowest BCUT2D eigenvalue weighted by Gasteiger charge is -1.99. The number of rotatable bonds is 2. The van der Waals surface area contributed by atoms with E-state index in [1.165, 1.54) is 11.3 Å². The number of nitrogens with zero attached hydrogens (tertiary/aromatic N) is 2. The normalized spacial score (nSPS) is 10.5. The van der Waals surface area contributed by atoms with E-state index in [1.54, 1.807) is 6.07 Å². The molecule has 0 spiro atoms. The summed E-state index contributed by atoms with van der Waals surface area (Å²) in [6.45, 7) is 0. The maximum Gasteiger partial charge on any atom is 0.203 e. The molecule has 0 fully saturated rings. The average molecular weight is 260 g/mol. The second kappa shape index (κ2) is 4.35. The monoisotopic (exact) mass is 259 g/mol. The number of hydrogen-bond donors (Lipinski definition) is 1. The van der Waals surface area contributed by atoms with Crippen molar-refractivity contribution >= 4 is 39.7 Å². The molecule has 0 aliphatic rings. The Labute approximate surface area is 101 Å². The van der Waals surface area contributed by atoms with E-state index >= 15 is 0 Å². The van der Waals surface area contributed by atoms with Gasteiger partial charge in [-0.15, -0.1) is 10.2 Å². The van der Waals surface area contributed by atoms with Crippen LogP contribution in [-0.2, 0) is 6.42 Å². The Bertz CT molecular complexity index is 464. The predicted molar refractivity (Wildman–Crippen MR) is 63.6 cm³/mol. The molecular formula is C9H7Cl2N3S. The van der Waals surface area contributed by atoms with Gasteiger partial charge in [-0.2, -0.15) is 0 Å². The van der Waals surface area contributed by atoms with E-state index in [4.69, 9.17) is 28.9 Å². The maximum atomic E-state index is 5.88. The van der Waals surface area contributed by atoms with Gasteiger partial charge in [0.2, 0.25) is 5.13 Å². The van der Waals surface area contributed by atoms with Crippen LogP contribution in [0.5, 0.6) is 0 Å². The van der Waals surface area contributed by atoms with Crippen molar-refractivity contribution in [1.82, 2.24) is 10.2 Å². The largest absolute Gasteiger partial charge is 0.374 e. The van der Waals surface area contributed by atoms with Gasteiger partial charge in [0.15, 0.2) is 0 Å².